The number of hydrogen-bond acceptors (Lipinski definition) is 10. The lowest BCUT2D eigenvalue weighted by Crippen LogP contribution is -2.02. The molecule has 3 aromatic rings. The molecule has 0 unspecified atom stereocenters. The van der Waals surface area contributed by atoms with Crippen molar-refractivity contribution in [2.45, 2.75) is 14.7 Å². The molecule has 0 radical (unpaired) electrons. The van der Waals surface area contributed by atoms with Crippen LogP contribution in [0.1, 0.15) is 0 Å². The molecule has 0 saturated carbocycles. The number of phenols is 1. The molecule has 0 aromatic heterocycles. The molecule has 0 aliphatic heterocycles. The Hall–Kier alpha value is -3.15. The fourth-order valence-corrected chi connectivity index (χ4v) is 4.48. The van der Waals surface area contributed by atoms with E-state index in [9.17, 15) is 39.5 Å². The van der Waals surface area contributed by atoms with Crippen LogP contribution in [0.15, 0.2) is 67.4 Å². The Kier molecular flexibility index (Phi) is 5.71. The van der Waals surface area contributed by atoms with Crippen molar-refractivity contribution in [2.24, 2.45) is 10.2 Å². The predicted octanol–water partition coefficient (Wildman–Crippen LogP) is 2.28. The Morgan fingerprint density at radius 1 is 0.719 bits per heavy atom. The molecule has 0 atom stereocenters. The molecule has 0 spiro atoms. The van der Waals surface area contributed by atoms with Crippen LogP contribution >= 0.6 is 0 Å². The highest BCUT2D eigenvalue weighted by atomic mass is 32.2. The second kappa shape index (κ2) is 7.76. The number of fused-ring (bicyclic) bond motifs is 1. The minimum Gasteiger partial charge on any atom is -0.505 e. The molecule has 0 aliphatic rings. The number of aromatic hydroxyl groups is 1. The van der Waals surface area contributed by atoms with Gasteiger partial charge in [-0.1, -0.05) is 0 Å². The van der Waals surface area contributed by atoms with Crippen molar-refractivity contribution >= 4 is 58.2 Å². The maximum absolute atomic E-state index is 11.8. The standard InChI is InChI=1S/C16H13N3O10S3/c17-9-1-3-11-8(5-9)6-14(32(27,28)29)15(16(11)20)19-18-12-7-10(30(21,22)23)2-4-13(12)31(24,25)26/h1-7,20H,17H2,(H,21,22,23)(H,24,25,26)(H,27,28,29)/b19-18+. The molecule has 3 aromatic carbocycles. The van der Waals surface area contributed by atoms with E-state index in [2.05, 4.69) is 10.2 Å². The molecule has 6 N–H and O–H groups in total. The van der Waals surface area contributed by atoms with E-state index < -0.39 is 62.2 Å². The minimum absolute atomic E-state index is 0.0437. The first-order valence-corrected chi connectivity index (χ1v) is 12.4. The third-order valence-corrected chi connectivity index (χ3v) is 6.73. The van der Waals surface area contributed by atoms with Gasteiger partial charge in [-0.15, -0.1) is 10.2 Å². The number of azo groups is 1. The molecule has 3 rings (SSSR count). The number of hydrogen-bond donors (Lipinski definition) is 5. The van der Waals surface area contributed by atoms with E-state index in [1.807, 2.05) is 0 Å². The van der Waals surface area contributed by atoms with Gasteiger partial charge in [0.05, 0.1) is 4.90 Å². The van der Waals surface area contributed by atoms with Gasteiger partial charge in [0, 0.05) is 11.1 Å². The lowest BCUT2D eigenvalue weighted by Gasteiger charge is -2.09. The van der Waals surface area contributed by atoms with Crippen LogP contribution in [0.3, 0.4) is 0 Å². The van der Waals surface area contributed by atoms with Crippen LogP contribution in [0.5, 0.6) is 5.75 Å². The fraction of sp³-hybridized carbons (Fsp3) is 0. The second-order valence-corrected chi connectivity index (χ2v) is 10.5. The largest absolute Gasteiger partial charge is 0.505 e. The van der Waals surface area contributed by atoms with E-state index in [0.29, 0.717) is 18.2 Å². The van der Waals surface area contributed by atoms with Gasteiger partial charge in [0.25, 0.3) is 30.4 Å². The normalized spacial score (nSPS) is 13.1. The van der Waals surface area contributed by atoms with Gasteiger partial charge in [0.15, 0.2) is 5.75 Å². The summed E-state index contributed by atoms with van der Waals surface area (Å²) in [5, 5.41) is 17.5. The van der Waals surface area contributed by atoms with E-state index >= 15 is 0 Å². The van der Waals surface area contributed by atoms with Crippen LogP contribution in [0, 0.1) is 0 Å². The zero-order chi connectivity index (χ0) is 24.1. The van der Waals surface area contributed by atoms with Crippen molar-refractivity contribution in [2.75, 3.05) is 5.73 Å². The van der Waals surface area contributed by atoms with E-state index in [1.165, 1.54) is 18.2 Å². The average Bonchev–Trinajstić information content (AvgIpc) is 2.64. The zero-order valence-electron chi connectivity index (χ0n) is 15.5. The Bertz CT molecular complexity index is 1610. The van der Waals surface area contributed by atoms with Gasteiger partial charge < -0.3 is 10.8 Å². The molecule has 0 heterocycles. The third kappa shape index (κ3) is 4.69. The summed E-state index contributed by atoms with van der Waals surface area (Å²) in [6.45, 7) is 0. The van der Waals surface area contributed by atoms with Gasteiger partial charge in [0.2, 0.25) is 0 Å². The van der Waals surface area contributed by atoms with E-state index in [0.717, 1.165) is 6.07 Å². The number of benzene rings is 3. The molecule has 13 nitrogen and oxygen atoms in total. The average molecular weight is 503 g/mol. The van der Waals surface area contributed by atoms with E-state index in [4.69, 9.17) is 10.3 Å². The predicted molar refractivity (Wildman–Crippen MR) is 110 cm³/mol. The number of phenolic OH excluding ortho intramolecular Hbond substituents is 1. The molecule has 0 fully saturated rings. The highest BCUT2D eigenvalue weighted by molar-refractivity contribution is 7.86. The Morgan fingerprint density at radius 2 is 1.34 bits per heavy atom. The Morgan fingerprint density at radius 3 is 1.91 bits per heavy atom. The molecule has 0 bridgehead atoms. The van der Waals surface area contributed by atoms with Crippen molar-refractivity contribution in [1.29, 1.82) is 0 Å². The summed E-state index contributed by atoms with van der Waals surface area (Å²) < 4.78 is 97.5. The number of rotatable bonds is 5. The zero-order valence-corrected chi connectivity index (χ0v) is 17.9. The van der Waals surface area contributed by atoms with E-state index in [-0.39, 0.29) is 16.5 Å². The molecule has 0 aliphatic carbocycles. The monoisotopic (exact) mass is 503 g/mol. The summed E-state index contributed by atoms with van der Waals surface area (Å²) in [6, 6.07) is 6.73. The maximum atomic E-state index is 11.8. The number of anilines is 1. The second-order valence-electron chi connectivity index (χ2n) is 6.31. The number of nitrogen functional groups attached to an aromatic ring is 1. The van der Waals surface area contributed by atoms with Crippen LogP contribution in [0.25, 0.3) is 10.8 Å². The lowest BCUT2D eigenvalue weighted by atomic mass is 10.1. The van der Waals surface area contributed by atoms with Gasteiger partial charge in [-0.25, -0.2) is 0 Å². The van der Waals surface area contributed by atoms with Gasteiger partial charge in [-0.3, -0.25) is 13.7 Å². The van der Waals surface area contributed by atoms with Crippen molar-refractivity contribution < 1.29 is 44.0 Å². The first kappa shape index (κ1) is 23.5. The Labute approximate surface area is 181 Å². The van der Waals surface area contributed by atoms with Gasteiger partial charge in [-0.2, -0.15) is 25.3 Å². The molecule has 32 heavy (non-hydrogen) atoms. The molecular weight excluding hydrogens is 490 g/mol. The first-order valence-electron chi connectivity index (χ1n) is 8.12. The molecule has 16 heteroatoms. The summed E-state index contributed by atoms with van der Waals surface area (Å²) in [5.74, 6) is -0.779. The lowest BCUT2D eigenvalue weighted by molar-refractivity contribution is 0.472. The van der Waals surface area contributed by atoms with Crippen molar-refractivity contribution in [3.63, 3.8) is 0 Å². The fourth-order valence-electron chi connectivity index (χ4n) is 2.72. The summed E-state index contributed by atoms with van der Waals surface area (Å²) >= 11 is 0. The van der Waals surface area contributed by atoms with Crippen LogP contribution in [-0.4, -0.2) is 44.0 Å². The number of nitrogens with zero attached hydrogens (tertiary/aromatic N) is 2. The molecule has 0 amide bonds. The van der Waals surface area contributed by atoms with Crippen LogP contribution < -0.4 is 5.73 Å². The third-order valence-electron chi connectivity index (χ3n) is 4.12. The molecular formula is C16H13N3O10S3. The maximum Gasteiger partial charge on any atom is 0.296 e. The van der Waals surface area contributed by atoms with Gasteiger partial charge >= 0.3 is 0 Å². The van der Waals surface area contributed by atoms with Gasteiger partial charge in [0.1, 0.15) is 21.2 Å². The summed E-state index contributed by atoms with van der Waals surface area (Å²) in [6.07, 6.45) is 0. The van der Waals surface area contributed by atoms with E-state index in [1.54, 1.807) is 0 Å². The Balaban J connectivity index is 2.34. The smallest absolute Gasteiger partial charge is 0.296 e. The van der Waals surface area contributed by atoms with Gasteiger partial charge in [-0.05, 0) is 47.9 Å². The SMILES string of the molecule is Nc1ccc2c(O)c(/N=N/c3cc(S(=O)(=O)O)ccc3S(=O)(=O)O)c(S(=O)(=O)O)cc2c1. The van der Waals surface area contributed by atoms with Crippen molar-refractivity contribution in [1.82, 2.24) is 0 Å². The van der Waals surface area contributed by atoms with Crippen molar-refractivity contribution in [3.8, 4) is 5.75 Å². The summed E-state index contributed by atoms with van der Waals surface area (Å²) in [7, 11) is -14.8. The first-order chi connectivity index (χ1) is 14.6. The highest BCUT2D eigenvalue weighted by Crippen LogP contribution is 2.42. The molecule has 170 valence electrons. The highest BCUT2D eigenvalue weighted by Gasteiger charge is 2.23. The minimum atomic E-state index is -4.99. The topological polar surface area (TPSA) is 234 Å². The summed E-state index contributed by atoms with van der Waals surface area (Å²) in [5.41, 5.74) is 4.21. The number of nitrogens with two attached hydrogens (primary N) is 1. The summed E-state index contributed by atoms with van der Waals surface area (Å²) in [4.78, 5) is -2.67. The van der Waals surface area contributed by atoms with Crippen LogP contribution in [-0.2, 0) is 30.4 Å². The van der Waals surface area contributed by atoms with Crippen molar-refractivity contribution in [3.05, 3.63) is 42.5 Å². The quantitative estimate of drug-likeness (QED) is 0.192. The molecule has 0 saturated heterocycles. The van der Waals surface area contributed by atoms with Crippen LogP contribution in [0.2, 0.25) is 0 Å². The van der Waals surface area contributed by atoms with Crippen LogP contribution in [0.4, 0.5) is 17.1 Å².